The summed E-state index contributed by atoms with van der Waals surface area (Å²) < 4.78 is 5.20. The van der Waals surface area contributed by atoms with E-state index >= 15 is 0 Å². The Labute approximate surface area is 152 Å². The molecule has 0 saturated heterocycles. The number of rotatable bonds is 6. The molecule has 0 amide bonds. The van der Waals surface area contributed by atoms with Gasteiger partial charge in [-0.15, -0.1) is 11.3 Å². The zero-order valence-electron chi connectivity index (χ0n) is 14.1. The Morgan fingerprint density at radius 2 is 1.92 bits per heavy atom. The smallest absolute Gasteiger partial charge is 0.341 e. The van der Waals surface area contributed by atoms with E-state index in [9.17, 15) is 4.79 Å². The molecule has 128 valence electrons. The normalized spacial score (nSPS) is 10.3. The van der Waals surface area contributed by atoms with E-state index in [2.05, 4.69) is 17.6 Å². The van der Waals surface area contributed by atoms with Crippen LogP contribution in [-0.2, 0) is 11.2 Å². The quantitative estimate of drug-likeness (QED) is 0.560. The number of carbonyl (C=O) groups excluding carboxylic acids is 1. The molecule has 1 aromatic heterocycles. The van der Waals surface area contributed by atoms with E-state index in [1.807, 2.05) is 37.3 Å². The number of ether oxygens (including phenoxy) is 1. The SMILES string of the molecule is CCCc1sc(NC(=S)Nc2ccccc2)c(C(=O)OCC)c1C. The van der Waals surface area contributed by atoms with Crippen LogP contribution >= 0.6 is 23.6 Å². The van der Waals surface area contributed by atoms with Crippen LogP contribution in [0, 0.1) is 6.92 Å². The Bertz CT molecular complexity index is 711. The van der Waals surface area contributed by atoms with Gasteiger partial charge in [0.25, 0.3) is 0 Å². The number of hydrogen-bond acceptors (Lipinski definition) is 4. The Balaban J connectivity index is 2.22. The third-order valence-corrected chi connectivity index (χ3v) is 4.93. The predicted octanol–water partition coefficient (Wildman–Crippen LogP) is 4.99. The molecule has 2 N–H and O–H groups in total. The number of para-hydroxylation sites is 1. The molecule has 0 bridgehead atoms. The number of carbonyl (C=O) groups is 1. The van der Waals surface area contributed by atoms with Crippen LogP contribution in [0.1, 0.15) is 41.1 Å². The topological polar surface area (TPSA) is 50.4 Å². The first kappa shape index (κ1) is 18.4. The summed E-state index contributed by atoms with van der Waals surface area (Å²) in [4.78, 5) is 13.5. The van der Waals surface area contributed by atoms with Crippen molar-refractivity contribution in [2.75, 3.05) is 17.2 Å². The zero-order valence-corrected chi connectivity index (χ0v) is 15.8. The molecular formula is C18H22N2O2S2. The third kappa shape index (κ3) is 4.55. The first-order chi connectivity index (χ1) is 11.6. The van der Waals surface area contributed by atoms with Crippen LogP contribution in [0.5, 0.6) is 0 Å². The second-order valence-electron chi connectivity index (χ2n) is 5.27. The summed E-state index contributed by atoms with van der Waals surface area (Å²) in [5, 5.41) is 7.47. The largest absolute Gasteiger partial charge is 0.462 e. The van der Waals surface area contributed by atoms with Crippen LogP contribution in [0.3, 0.4) is 0 Å². The van der Waals surface area contributed by atoms with E-state index in [-0.39, 0.29) is 5.97 Å². The fourth-order valence-electron chi connectivity index (χ4n) is 2.35. The van der Waals surface area contributed by atoms with Gasteiger partial charge in [0.2, 0.25) is 0 Å². The number of anilines is 2. The molecule has 0 saturated carbocycles. The van der Waals surface area contributed by atoms with E-state index in [1.165, 1.54) is 4.88 Å². The molecule has 2 rings (SSSR count). The van der Waals surface area contributed by atoms with Gasteiger partial charge < -0.3 is 15.4 Å². The molecule has 0 aliphatic heterocycles. The van der Waals surface area contributed by atoms with Crippen molar-refractivity contribution in [3.63, 3.8) is 0 Å². The van der Waals surface area contributed by atoms with Gasteiger partial charge in [-0.3, -0.25) is 0 Å². The summed E-state index contributed by atoms with van der Waals surface area (Å²) in [7, 11) is 0. The van der Waals surface area contributed by atoms with Gasteiger partial charge in [0.15, 0.2) is 5.11 Å². The first-order valence-electron chi connectivity index (χ1n) is 7.99. The van der Waals surface area contributed by atoms with Crippen molar-refractivity contribution in [1.29, 1.82) is 0 Å². The minimum atomic E-state index is -0.307. The third-order valence-electron chi connectivity index (χ3n) is 3.46. The van der Waals surface area contributed by atoms with Crippen LogP contribution in [0.4, 0.5) is 10.7 Å². The van der Waals surface area contributed by atoms with Crippen molar-refractivity contribution < 1.29 is 9.53 Å². The van der Waals surface area contributed by atoms with Crippen LogP contribution in [0.2, 0.25) is 0 Å². The average Bonchev–Trinajstić information content (AvgIpc) is 2.84. The van der Waals surface area contributed by atoms with E-state index in [0.717, 1.165) is 29.1 Å². The maximum Gasteiger partial charge on any atom is 0.341 e. The summed E-state index contributed by atoms with van der Waals surface area (Å²) in [5.41, 5.74) is 2.46. The molecule has 0 atom stereocenters. The van der Waals surface area contributed by atoms with Crippen molar-refractivity contribution >= 4 is 45.3 Å². The summed E-state index contributed by atoms with van der Waals surface area (Å²) in [6, 6.07) is 9.68. The maximum absolute atomic E-state index is 12.3. The summed E-state index contributed by atoms with van der Waals surface area (Å²) in [5.74, 6) is -0.307. The molecule has 0 aliphatic carbocycles. The molecule has 0 aliphatic rings. The minimum absolute atomic E-state index is 0.307. The Morgan fingerprint density at radius 1 is 1.21 bits per heavy atom. The maximum atomic E-state index is 12.3. The van der Waals surface area contributed by atoms with E-state index in [4.69, 9.17) is 17.0 Å². The number of thiophene rings is 1. The Morgan fingerprint density at radius 3 is 2.54 bits per heavy atom. The first-order valence-corrected chi connectivity index (χ1v) is 9.21. The van der Waals surface area contributed by atoms with Gasteiger partial charge in [-0.25, -0.2) is 4.79 Å². The Kier molecular flexibility index (Phi) is 6.75. The number of nitrogens with one attached hydrogen (secondary N) is 2. The molecule has 0 spiro atoms. The van der Waals surface area contributed by atoms with Gasteiger partial charge >= 0.3 is 5.97 Å². The molecule has 0 unspecified atom stereocenters. The van der Waals surface area contributed by atoms with Gasteiger partial charge in [0.1, 0.15) is 5.00 Å². The number of benzene rings is 1. The zero-order chi connectivity index (χ0) is 17.5. The number of hydrogen-bond donors (Lipinski definition) is 2. The van der Waals surface area contributed by atoms with Crippen molar-refractivity contribution in [3.05, 3.63) is 46.3 Å². The van der Waals surface area contributed by atoms with E-state index < -0.39 is 0 Å². The second-order valence-corrected chi connectivity index (χ2v) is 6.78. The highest BCUT2D eigenvalue weighted by Crippen LogP contribution is 2.34. The fourth-order valence-corrected chi connectivity index (χ4v) is 3.93. The van der Waals surface area contributed by atoms with E-state index in [1.54, 1.807) is 18.3 Å². The minimum Gasteiger partial charge on any atom is -0.462 e. The summed E-state index contributed by atoms with van der Waals surface area (Å²) in [6.07, 6.45) is 1.96. The van der Waals surface area contributed by atoms with Crippen LogP contribution in [0.25, 0.3) is 0 Å². The highest BCUT2D eigenvalue weighted by atomic mass is 32.1. The molecule has 1 aromatic carbocycles. The lowest BCUT2D eigenvalue weighted by Crippen LogP contribution is -2.20. The van der Waals surface area contributed by atoms with Crippen molar-refractivity contribution in [2.24, 2.45) is 0 Å². The predicted molar refractivity (Wildman–Crippen MR) is 105 cm³/mol. The lowest BCUT2D eigenvalue weighted by molar-refractivity contribution is 0.0527. The van der Waals surface area contributed by atoms with Crippen molar-refractivity contribution in [1.82, 2.24) is 0 Å². The van der Waals surface area contributed by atoms with Gasteiger partial charge in [-0.2, -0.15) is 0 Å². The molecule has 0 radical (unpaired) electrons. The number of esters is 1. The highest BCUT2D eigenvalue weighted by molar-refractivity contribution is 7.80. The fraction of sp³-hybridized carbons (Fsp3) is 0.333. The second kappa shape index (κ2) is 8.80. The standard InChI is InChI=1S/C18H22N2O2S2/c1-4-9-14-12(3)15(17(21)22-5-2)16(24-14)20-18(23)19-13-10-7-6-8-11-13/h6-8,10-11H,4-5,9H2,1-3H3,(H2,19,20,23). The lowest BCUT2D eigenvalue weighted by Gasteiger charge is -2.11. The molecule has 1 heterocycles. The average molecular weight is 363 g/mol. The Hall–Kier alpha value is -1.92. The monoisotopic (exact) mass is 362 g/mol. The number of aryl methyl sites for hydroxylation is 1. The molecule has 24 heavy (non-hydrogen) atoms. The number of thiocarbonyl (C=S) groups is 1. The lowest BCUT2D eigenvalue weighted by atomic mass is 10.1. The van der Waals surface area contributed by atoms with Gasteiger partial charge in [-0.1, -0.05) is 31.5 Å². The molecule has 4 nitrogen and oxygen atoms in total. The van der Waals surface area contributed by atoms with Gasteiger partial charge in [-0.05, 0) is 50.2 Å². The van der Waals surface area contributed by atoms with Crippen LogP contribution < -0.4 is 10.6 Å². The van der Waals surface area contributed by atoms with Gasteiger partial charge in [0, 0.05) is 10.6 Å². The highest BCUT2D eigenvalue weighted by Gasteiger charge is 2.22. The van der Waals surface area contributed by atoms with E-state index in [0.29, 0.717) is 17.3 Å². The molecule has 6 heteroatoms. The molecular weight excluding hydrogens is 340 g/mol. The molecule has 2 aromatic rings. The van der Waals surface area contributed by atoms with Crippen molar-refractivity contribution in [2.45, 2.75) is 33.6 Å². The molecule has 0 fully saturated rings. The van der Waals surface area contributed by atoms with Crippen LogP contribution in [0.15, 0.2) is 30.3 Å². The van der Waals surface area contributed by atoms with Crippen molar-refractivity contribution in [3.8, 4) is 0 Å². The van der Waals surface area contributed by atoms with Gasteiger partial charge in [0.05, 0.1) is 12.2 Å². The summed E-state index contributed by atoms with van der Waals surface area (Å²) >= 11 is 6.94. The van der Waals surface area contributed by atoms with Crippen LogP contribution in [-0.4, -0.2) is 17.7 Å². The summed E-state index contributed by atoms with van der Waals surface area (Å²) in [6.45, 7) is 6.25.